The molecule has 6 heteroatoms. The Kier molecular flexibility index (Phi) is 3.31. The Morgan fingerprint density at radius 3 is 2.72 bits per heavy atom. The number of nitrogens with zero attached hydrogens (tertiary/aromatic N) is 4. The summed E-state index contributed by atoms with van der Waals surface area (Å²) in [4.78, 5) is 10.5. The standard InChI is InChI=1S/C19H16N4OS/c1-23-10-14(9-20-23)24-18-16-15(12-5-3-2-4-6-12)11-25-19(16)22-17(21-18)13-7-8-13/h2-6,9-11,13H,7-8H2,1H3. The van der Waals surface area contributed by atoms with Crippen LogP contribution in [0.3, 0.4) is 0 Å². The molecule has 1 aliphatic carbocycles. The summed E-state index contributed by atoms with van der Waals surface area (Å²) in [6.45, 7) is 0. The average molecular weight is 348 g/mol. The molecule has 25 heavy (non-hydrogen) atoms. The van der Waals surface area contributed by atoms with Crippen LogP contribution in [-0.2, 0) is 7.05 Å². The molecule has 0 bridgehead atoms. The van der Waals surface area contributed by atoms with Crippen LogP contribution in [0.15, 0.2) is 48.1 Å². The molecule has 0 aliphatic heterocycles. The van der Waals surface area contributed by atoms with Gasteiger partial charge in [-0.15, -0.1) is 11.3 Å². The van der Waals surface area contributed by atoms with Gasteiger partial charge in [0.1, 0.15) is 10.7 Å². The lowest BCUT2D eigenvalue weighted by atomic mass is 10.1. The van der Waals surface area contributed by atoms with Crippen molar-refractivity contribution in [2.75, 3.05) is 0 Å². The fraction of sp³-hybridized carbons (Fsp3) is 0.211. The van der Waals surface area contributed by atoms with Gasteiger partial charge < -0.3 is 4.74 Å². The Hall–Kier alpha value is -2.73. The molecule has 0 radical (unpaired) electrons. The predicted molar refractivity (Wildman–Crippen MR) is 98.1 cm³/mol. The lowest BCUT2D eigenvalue weighted by Crippen LogP contribution is -1.97. The first-order chi connectivity index (χ1) is 12.3. The van der Waals surface area contributed by atoms with Gasteiger partial charge in [0.2, 0.25) is 5.88 Å². The van der Waals surface area contributed by atoms with E-state index in [-0.39, 0.29) is 0 Å². The first kappa shape index (κ1) is 14.6. The zero-order valence-corrected chi connectivity index (χ0v) is 14.5. The quantitative estimate of drug-likeness (QED) is 0.533. The van der Waals surface area contributed by atoms with E-state index >= 15 is 0 Å². The largest absolute Gasteiger partial charge is 0.435 e. The Balaban J connectivity index is 1.69. The summed E-state index contributed by atoms with van der Waals surface area (Å²) in [5.74, 6) is 2.69. The summed E-state index contributed by atoms with van der Waals surface area (Å²) in [6, 6.07) is 10.3. The number of aromatic nitrogens is 4. The monoisotopic (exact) mass is 348 g/mol. The van der Waals surface area contributed by atoms with E-state index in [0.717, 1.165) is 40.0 Å². The van der Waals surface area contributed by atoms with Crippen molar-refractivity contribution in [3.8, 4) is 22.8 Å². The zero-order chi connectivity index (χ0) is 16.8. The van der Waals surface area contributed by atoms with Gasteiger partial charge in [-0.2, -0.15) is 10.1 Å². The van der Waals surface area contributed by atoms with E-state index in [4.69, 9.17) is 14.7 Å². The molecule has 1 aliphatic rings. The molecule has 3 heterocycles. The highest BCUT2D eigenvalue weighted by Gasteiger charge is 2.29. The summed E-state index contributed by atoms with van der Waals surface area (Å²) < 4.78 is 7.85. The maximum absolute atomic E-state index is 6.12. The third-order valence-electron chi connectivity index (χ3n) is 4.34. The third kappa shape index (κ3) is 2.68. The van der Waals surface area contributed by atoms with Crippen LogP contribution in [0.25, 0.3) is 21.3 Å². The van der Waals surface area contributed by atoms with Crippen molar-refractivity contribution in [3.05, 3.63) is 53.9 Å². The minimum absolute atomic E-state index is 0.475. The lowest BCUT2D eigenvalue weighted by molar-refractivity contribution is 0.465. The van der Waals surface area contributed by atoms with Crippen molar-refractivity contribution in [3.63, 3.8) is 0 Å². The molecule has 0 N–H and O–H groups in total. The molecule has 1 aromatic carbocycles. The van der Waals surface area contributed by atoms with Crippen LogP contribution in [0, 0.1) is 0 Å². The molecular weight excluding hydrogens is 332 g/mol. The highest BCUT2D eigenvalue weighted by Crippen LogP contribution is 2.44. The topological polar surface area (TPSA) is 52.8 Å². The van der Waals surface area contributed by atoms with Gasteiger partial charge in [0, 0.05) is 23.9 Å². The molecule has 1 fully saturated rings. The normalized spacial score (nSPS) is 14.1. The Morgan fingerprint density at radius 1 is 1.16 bits per heavy atom. The molecule has 124 valence electrons. The molecule has 0 spiro atoms. The van der Waals surface area contributed by atoms with Crippen LogP contribution in [0.1, 0.15) is 24.6 Å². The molecule has 0 saturated heterocycles. The maximum Gasteiger partial charge on any atom is 0.232 e. The number of thiophene rings is 1. The lowest BCUT2D eigenvalue weighted by Gasteiger charge is -2.08. The first-order valence-electron chi connectivity index (χ1n) is 8.29. The summed E-state index contributed by atoms with van der Waals surface area (Å²) in [5.41, 5.74) is 2.26. The van der Waals surface area contributed by atoms with Gasteiger partial charge in [0.05, 0.1) is 17.8 Å². The highest BCUT2D eigenvalue weighted by atomic mass is 32.1. The van der Waals surface area contributed by atoms with Crippen molar-refractivity contribution in [2.45, 2.75) is 18.8 Å². The first-order valence-corrected chi connectivity index (χ1v) is 9.17. The molecule has 0 atom stereocenters. The molecule has 4 aromatic rings. The average Bonchev–Trinajstić information content (AvgIpc) is 3.27. The second kappa shape index (κ2) is 5.67. The number of fused-ring (bicyclic) bond motifs is 1. The number of rotatable bonds is 4. The van der Waals surface area contributed by atoms with Crippen molar-refractivity contribution in [1.29, 1.82) is 0 Å². The van der Waals surface area contributed by atoms with Gasteiger partial charge >= 0.3 is 0 Å². The van der Waals surface area contributed by atoms with E-state index in [1.165, 1.54) is 0 Å². The van der Waals surface area contributed by atoms with Gasteiger partial charge in [-0.3, -0.25) is 4.68 Å². The molecule has 5 rings (SSSR count). The van der Waals surface area contributed by atoms with Gasteiger partial charge in [-0.25, -0.2) is 4.98 Å². The minimum atomic E-state index is 0.475. The highest BCUT2D eigenvalue weighted by molar-refractivity contribution is 7.17. The van der Waals surface area contributed by atoms with Crippen molar-refractivity contribution >= 4 is 21.6 Å². The second-order valence-corrected chi connectivity index (χ2v) is 7.17. The molecule has 5 nitrogen and oxygen atoms in total. The Labute approximate surface area is 148 Å². The number of hydrogen-bond acceptors (Lipinski definition) is 5. The van der Waals surface area contributed by atoms with Gasteiger partial charge in [0.15, 0.2) is 5.75 Å². The van der Waals surface area contributed by atoms with Gasteiger partial charge in [-0.1, -0.05) is 30.3 Å². The third-order valence-corrected chi connectivity index (χ3v) is 5.21. The van der Waals surface area contributed by atoms with E-state index in [1.54, 1.807) is 22.2 Å². The van der Waals surface area contributed by atoms with Crippen LogP contribution >= 0.6 is 11.3 Å². The molecule has 0 unspecified atom stereocenters. The SMILES string of the molecule is Cn1cc(Oc2nc(C3CC3)nc3scc(-c4ccccc4)c23)cn1. The smallest absolute Gasteiger partial charge is 0.232 e. The minimum Gasteiger partial charge on any atom is -0.435 e. The van der Waals surface area contributed by atoms with Crippen LogP contribution < -0.4 is 4.74 Å². The fourth-order valence-corrected chi connectivity index (χ4v) is 3.86. The van der Waals surface area contributed by atoms with Crippen molar-refractivity contribution in [1.82, 2.24) is 19.7 Å². The van der Waals surface area contributed by atoms with Crippen LogP contribution in [0.5, 0.6) is 11.6 Å². The summed E-state index contributed by atoms with van der Waals surface area (Å²) >= 11 is 1.65. The Bertz CT molecular complexity index is 1050. The number of ether oxygens (including phenoxy) is 1. The molecule has 0 amide bonds. The summed E-state index contributed by atoms with van der Waals surface area (Å²) in [6.07, 6.45) is 5.88. The fourth-order valence-electron chi connectivity index (χ4n) is 2.92. The van der Waals surface area contributed by atoms with Gasteiger partial charge in [0.25, 0.3) is 0 Å². The van der Waals surface area contributed by atoms with E-state index in [2.05, 4.69) is 22.6 Å². The van der Waals surface area contributed by atoms with E-state index in [0.29, 0.717) is 17.5 Å². The van der Waals surface area contributed by atoms with Crippen molar-refractivity contribution < 1.29 is 4.74 Å². The second-order valence-electron chi connectivity index (χ2n) is 6.31. The van der Waals surface area contributed by atoms with E-state index in [1.807, 2.05) is 31.4 Å². The zero-order valence-electron chi connectivity index (χ0n) is 13.7. The Morgan fingerprint density at radius 2 is 2.00 bits per heavy atom. The van der Waals surface area contributed by atoms with E-state index in [9.17, 15) is 0 Å². The number of hydrogen-bond donors (Lipinski definition) is 0. The van der Waals surface area contributed by atoms with Crippen LogP contribution in [0.2, 0.25) is 0 Å². The van der Waals surface area contributed by atoms with Crippen LogP contribution in [0.4, 0.5) is 0 Å². The van der Waals surface area contributed by atoms with Gasteiger partial charge in [-0.05, 0) is 18.4 Å². The summed E-state index contributed by atoms with van der Waals surface area (Å²) in [7, 11) is 1.87. The molecule has 3 aromatic heterocycles. The molecule has 1 saturated carbocycles. The van der Waals surface area contributed by atoms with Crippen LogP contribution in [-0.4, -0.2) is 19.7 Å². The van der Waals surface area contributed by atoms with E-state index < -0.39 is 0 Å². The maximum atomic E-state index is 6.12. The molecular formula is C19H16N4OS. The summed E-state index contributed by atoms with van der Waals surface area (Å²) in [5, 5.41) is 7.30. The van der Waals surface area contributed by atoms with Crippen molar-refractivity contribution in [2.24, 2.45) is 7.05 Å². The number of aryl methyl sites for hydroxylation is 1. The predicted octanol–water partition coefficient (Wildman–Crippen LogP) is 4.76. The number of benzene rings is 1.